The lowest BCUT2D eigenvalue weighted by Gasteiger charge is -2.31. The molecule has 0 aliphatic heterocycles. The minimum atomic E-state index is -1.57. The van der Waals surface area contributed by atoms with E-state index in [9.17, 15) is 0 Å². The third-order valence-electron chi connectivity index (χ3n) is 1.59. The van der Waals surface area contributed by atoms with Gasteiger partial charge in [-0.3, -0.25) is 0 Å². The third-order valence-corrected chi connectivity index (χ3v) is 8.54. The van der Waals surface area contributed by atoms with Gasteiger partial charge in [-0.2, -0.15) is 0 Å². The molecule has 0 N–H and O–H groups in total. The van der Waals surface area contributed by atoms with Crippen LogP contribution in [0.4, 0.5) is 0 Å². The Bertz CT molecular complexity index is 284. The van der Waals surface area contributed by atoms with E-state index in [4.69, 9.17) is 15.7 Å². The zero-order valence-corrected chi connectivity index (χ0v) is 16.2. The van der Waals surface area contributed by atoms with Crippen LogP contribution in [0.1, 0.15) is 41.5 Å². The van der Waals surface area contributed by atoms with E-state index in [2.05, 4.69) is 61.2 Å². The Morgan fingerprint density at radius 1 is 1.06 bits per heavy atom. The summed E-state index contributed by atoms with van der Waals surface area (Å²) in [5, 5.41) is 1.42. The van der Waals surface area contributed by atoms with Gasteiger partial charge < -0.3 is 4.43 Å². The van der Waals surface area contributed by atoms with Crippen molar-refractivity contribution in [3.8, 4) is 0 Å². The van der Waals surface area contributed by atoms with Crippen molar-refractivity contribution in [2.45, 2.75) is 71.5 Å². The van der Waals surface area contributed by atoms with Gasteiger partial charge in [-0.15, -0.1) is 0 Å². The first-order valence-electron chi connectivity index (χ1n) is 5.97. The molecule has 102 valence electrons. The first-order valence-corrected chi connectivity index (χ1v) is 12.5. The minimum Gasteiger partial charge on any atom is -0.381 e. The smallest absolute Gasteiger partial charge is 0.192 e. The zero-order valence-electron chi connectivity index (χ0n) is 12.7. The molecule has 0 radical (unpaired) electrons. The molecular weight excluding hydrogens is 286 g/mol. The van der Waals surface area contributed by atoms with Crippen LogP contribution in [0, 0.1) is 0 Å². The summed E-state index contributed by atoms with van der Waals surface area (Å²) in [6, 6.07) is 0. The number of halogens is 1. The molecule has 0 aliphatic rings. The highest BCUT2D eigenvalue weighted by atomic mass is 35.7. The molecule has 0 spiro atoms. The second-order valence-electron chi connectivity index (χ2n) is 7.23. The fraction of sp³-hybridized carbons (Fsp3) is 0.917. The van der Waals surface area contributed by atoms with Crippen LogP contribution in [0.25, 0.3) is 0 Å². The Morgan fingerprint density at radius 3 is 1.71 bits per heavy atom. The molecule has 0 saturated heterocycles. The van der Waals surface area contributed by atoms with Gasteiger partial charge in [-0.25, -0.2) is 0 Å². The molecule has 5 heteroatoms. The van der Waals surface area contributed by atoms with Gasteiger partial charge in [0.25, 0.3) is 0 Å². The van der Waals surface area contributed by atoms with Crippen molar-refractivity contribution in [1.29, 1.82) is 0 Å². The molecule has 17 heavy (non-hydrogen) atoms. The van der Waals surface area contributed by atoms with E-state index in [0.29, 0.717) is 0 Å². The van der Waals surface area contributed by atoms with Crippen LogP contribution in [-0.2, 0) is 4.43 Å². The highest BCUT2D eigenvalue weighted by molar-refractivity contribution is 8.03. The molecule has 0 rings (SSSR count). The first-order chi connectivity index (χ1) is 7.22. The van der Waals surface area contributed by atoms with Crippen molar-refractivity contribution in [3.05, 3.63) is 0 Å². The molecule has 0 saturated carbocycles. The van der Waals surface area contributed by atoms with Gasteiger partial charge in [0.1, 0.15) is 5.22 Å². The first kappa shape index (κ1) is 18.1. The Balaban J connectivity index is 5.21. The van der Waals surface area contributed by atoms with Crippen LogP contribution in [0.3, 0.4) is 0 Å². The summed E-state index contributed by atoms with van der Waals surface area (Å²) in [7, 11) is -1.06. The summed E-state index contributed by atoms with van der Waals surface area (Å²) in [5.74, 6) is 0. The van der Waals surface area contributed by atoms with Crippen LogP contribution < -0.4 is 0 Å². The highest BCUT2D eigenvalue weighted by Gasteiger charge is 2.31. The SMILES string of the molecule is CC(C)(C)P=C(O[Si](C)(C)C)P(Cl)C(C)(C)C. The van der Waals surface area contributed by atoms with Crippen molar-refractivity contribution < 1.29 is 4.43 Å². The topological polar surface area (TPSA) is 9.23 Å². The number of hydrogen-bond acceptors (Lipinski definition) is 1. The van der Waals surface area contributed by atoms with Crippen LogP contribution in [-0.4, -0.2) is 23.9 Å². The predicted octanol–water partition coefficient (Wildman–Crippen LogP) is 6.10. The van der Waals surface area contributed by atoms with Crippen molar-refractivity contribution in [2.75, 3.05) is 0 Å². The molecule has 1 unspecified atom stereocenters. The van der Waals surface area contributed by atoms with E-state index in [1.165, 1.54) is 8.20 Å². The summed E-state index contributed by atoms with van der Waals surface area (Å²) in [6.45, 7) is 19.9. The summed E-state index contributed by atoms with van der Waals surface area (Å²) in [6.07, 6.45) is 0. The van der Waals surface area contributed by atoms with E-state index in [1.54, 1.807) is 0 Å². The summed E-state index contributed by atoms with van der Waals surface area (Å²) in [5.41, 5.74) is 0. The zero-order chi connectivity index (χ0) is 14.1. The third kappa shape index (κ3) is 8.73. The second-order valence-corrected chi connectivity index (χ2v) is 17.3. The van der Waals surface area contributed by atoms with Crippen LogP contribution >= 0.6 is 26.7 Å². The van der Waals surface area contributed by atoms with E-state index in [1.807, 2.05) is 0 Å². The maximum absolute atomic E-state index is 6.65. The molecule has 0 heterocycles. The fourth-order valence-electron chi connectivity index (χ4n) is 0.955. The standard InChI is InChI=1S/C12H27ClOP2Si/c1-11(2,3)15-10(14-17(7,8)9)16(13)12(4,5)6/h1-9H3. The average Bonchev–Trinajstić information content (AvgIpc) is 1.94. The molecule has 1 atom stereocenters. The van der Waals surface area contributed by atoms with E-state index >= 15 is 0 Å². The summed E-state index contributed by atoms with van der Waals surface area (Å²) >= 11 is 6.65. The Labute approximate surface area is 116 Å². The van der Waals surface area contributed by atoms with Crippen molar-refractivity contribution in [2.24, 2.45) is 0 Å². The molecule has 0 aromatic carbocycles. The Hall–Kier alpha value is 1.07. The highest BCUT2D eigenvalue weighted by Crippen LogP contribution is 2.58. The molecule has 0 aromatic rings. The lowest BCUT2D eigenvalue weighted by atomic mass is 10.3. The lowest BCUT2D eigenvalue weighted by Crippen LogP contribution is -2.30. The van der Waals surface area contributed by atoms with Crippen molar-refractivity contribution in [1.82, 2.24) is 0 Å². The Morgan fingerprint density at radius 2 is 1.47 bits per heavy atom. The van der Waals surface area contributed by atoms with Gasteiger partial charge in [0.05, 0.1) is 7.27 Å². The lowest BCUT2D eigenvalue weighted by molar-refractivity contribution is 0.576. The normalized spacial score (nSPS) is 17.2. The van der Waals surface area contributed by atoms with Crippen LogP contribution in [0.5, 0.6) is 0 Å². The number of rotatable bonds is 3. The molecule has 0 aliphatic carbocycles. The van der Waals surface area contributed by atoms with Crippen LogP contribution in [0.15, 0.2) is 0 Å². The second kappa shape index (κ2) is 6.01. The van der Waals surface area contributed by atoms with Gasteiger partial charge in [-0.05, 0) is 19.6 Å². The molecular formula is C12H27ClOP2Si. The summed E-state index contributed by atoms with van der Waals surface area (Å²) in [4.78, 5) is 0. The predicted molar refractivity (Wildman–Crippen MR) is 88.6 cm³/mol. The van der Waals surface area contributed by atoms with E-state index < -0.39 is 15.6 Å². The van der Waals surface area contributed by atoms with E-state index in [-0.39, 0.29) is 10.3 Å². The summed E-state index contributed by atoms with van der Waals surface area (Å²) < 4.78 is 6.24. The van der Waals surface area contributed by atoms with Gasteiger partial charge in [0, 0.05) is 10.3 Å². The molecule has 0 fully saturated rings. The minimum absolute atomic E-state index is 0.101. The fourth-order valence-corrected chi connectivity index (χ4v) is 7.60. The Kier molecular flexibility index (Phi) is 6.39. The quantitative estimate of drug-likeness (QED) is 0.451. The van der Waals surface area contributed by atoms with Crippen LogP contribution in [0.2, 0.25) is 19.6 Å². The molecule has 0 bridgehead atoms. The van der Waals surface area contributed by atoms with Gasteiger partial charge >= 0.3 is 0 Å². The maximum Gasteiger partial charge on any atom is 0.192 e. The van der Waals surface area contributed by atoms with Crippen molar-refractivity contribution >= 4 is 40.3 Å². The molecule has 1 nitrogen and oxygen atoms in total. The number of hydrogen-bond donors (Lipinski definition) is 0. The average molecular weight is 313 g/mol. The molecule has 0 amide bonds. The van der Waals surface area contributed by atoms with Crippen molar-refractivity contribution in [3.63, 3.8) is 0 Å². The maximum atomic E-state index is 6.65. The van der Waals surface area contributed by atoms with E-state index in [0.717, 1.165) is 5.22 Å². The molecule has 0 aromatic heterocycles. The van der Waals surface area contributed by atoms with Gasteiger partial charge in [0.2, 0.25) is 0 Å². The monoisotopic (exact) mass is 312 g/mol. The largest absolute Gasteiger partial charge is 0.381 e. The van der Waals surface area contributed by atoms with Gasteiger partial charge in [-0.1, -0.05) is 61.0 Å². The van der Waals surface area contributed by atoms with Gasteiger partial charge in [0.15, 0.2) is 8.32 Å².